The highest BCUT2D eigenvalue weighted by Gasteiger charge is 2.17. The summed E-state index contributed by atoms with van der Waals surface area (Å²) in [5, 5.41) is 0. The summed E-state index contributed by atoms with van der Waals surface area (Å²) in [4.78, 5) is 17.9. The van der Waals surface area contributed by atoms with Crippen molar-refractivity contribution in [3.05, 3.63) is 18.2 Å². The summed E-state index contributed by atoms with van der Waals surface area (Å²) < 4.78 is 1.97. The predicted molar refractivity (Wildman–Crippen MR) is 65.3 cm³/mol. The lowest BCUT2D eigenvalue weighted by Crippen LogP contribution is -2.28. The largest absolute Gasteiger partial charge is 0.343 e. The molecule has 2 heterocycles. The van der Waals surface area contributed by atoms with Crippen molar-refractivity contribution in [2.45, 2.75) is 38.8 Å². The van der Waals surface area contributed by atoms with Gasteiger partial charge in [0.2, 0.25) is 5.91 Å². The lowest BCUT2D eigenvalue weighted by Gasteiger charge is -2.16. The minimum absolute atomic E-state index is 0.0422. The maximum Gasteiger partial charge on any atom is 0.224 e. The van der Waals surface area contributed by atoms with Crippen LogP contribution in [0.4, 0.5) is 0 Å². The summed E-state index contributed by atoms with van der Waals surface area (Å²) >= 11 is 0. The van der Waals surface area contributed by atoms with Gasteiger partial charge in [-0.25, -0.2) is 4.98 Å². The Morgan fingerprint density at radius 3 is 2.88 bits per heavy atom. The number of rotatable bonds is 4. The number of imidazole rings is 1. The zero-order chi connectivity index (χ0) is 12.3. The van der Waals surface area contributed by atoms with Crippen LogP contribution in [-0.4, -0.2) is 33.4 Å². The Morgan fingerprint density at radius 1 is 1.53 bits per heavy atom. The second-order valence-corrected chi connectivity index (χ2v) is 4.64. The van der Waals surface area contributed by atoms with Crippen LogP contribution in [0.1, 0.15) is 37.9 Å². The first-order chi connectivity index (χ1) is 8.18. The van der Waals surface area contributed by atoms with E-state index in [0.29, 0.717) is 13.0 Å². The van der Waals surface area contributed by atoms with Gasteiger partial charge < -0.3 is 15.2 Å². The van der Waals surface area contributed by atoms with Gasteiger partial charge in [-0.15, -0.1) is 0 Å². The number of aromatic nitrogens is 2. The van der Waals surface area contributed by atoms with Crippen LogP contribution in [0.5, 0.6) is 0 Å². The van der Waals surface area contributed by atoms with Crippen LogP contribution in [-0.2, 0) is 11.3 Å². The first-order valence-corrected chi connectivity index (χ1v) is 6.22. The highest BCUT2D eigenvalue weighted by molar-refractivity contribution is 5.76. The van der Waals surface area contributed by atoms with E-state index in [1.54, 1.807) is 12.5 Å². The molecule has 0 saturated carbocycles. The summed E-state index contributed by atoms with van der Waals surface area (Å²) in [5.74, 6) is 0.242. The first-order valence-electron chi connectivity index (χ1n) is 6.22. The third-order valence-electron chi connectivity index (χ3n) is 3.24. The number of carbonyl (C=O) groups excluding carboxylic acids is 1. The minimum atomic E-state index is -0.0422. The molecule has 94 valence electrons. The van der Waals surface area contributed by atoms with Crippen LogP contribution in [0.25, 0.3) is 0 Å². The van der Waals surface area contributed by atoms with E-state index in [0.717, 1.165) is 31.6 Å². The van der Waals surface area contributed by atoms with E-state index in [9.17, 15) is 4.79 Å². The normalized spacial score (nSPS) is 17.4. The third kappa shape index (κ3) is 2.85. The third-order valence-corrected chi connectivity index (χ3v) is 3.24. The lowest BCUT2D eigenvalue weighted by molar-refractivity contribution is -0.130. The monoisotopic (exact) mass is 236 g/mol. The molecule has 5 heteroatoms. The van der Waals surface area contributed by atoms with Gasteiger partial charge in [-0.1, -0.05) is 0 Å². The van der Waals surface area contributed by atoms with Crippen LogP contribution in [0.3, 0.4) is 0 Å². The van der Waals surface area contributed by atoms with E-state index in [4.69, 9.17) is 5.73 Å². The summed E-state index contributed by atoms with van der Waals surface area (Å²) in [7, 11) is 0. The van der Waals surface area contributed by atoms with Crippen LogP contribution in [0.15, 0.2) is 12.5 Å². The van der Waals surface area contributed by atoms with Crippen molar-refractivity contribution in [1.29, 1.82) is 0 Å². The maximum atomic E-state index is 11.9. The molecular formula is C12H20N4O. The predicted octanol–water partition coefficient (Wildman–Crippen LogP) is 0.915. The van der Waals surface area contributed by atoms with Crippen molar-refractivity contribution in [2.24, 2.45) is 5.73 Å². The molecule has 5 nitrogen and oxygen atoms in total. The van der Waals surface area contributed by atoms with Crippen LogP contribution < -0.4 is 5.73 Å². The molecule has 0 aromatic carbocycles. The minimum Gasteiger partial charge on any atom is -0.343 e. The van der Waals surface area contributed by atoms with Crippen molar-refractivity contribution >= 4 is 5.91 Å². The molecule has 2 N–H and O–H groups in total. The fraction of sp³-hybridized carbons (Fsp3) is 0.667. The first kappa shape index (κ1) is 12.1. The van der Waals surface area contributed by atoms with E-state index < -0.39 is 0 Å². The number of hydrogen-bond donors (Lipinski definition) is 1. The van der Waals surface area contributed by atoms with Crippen LogP contribution >= 0.6 is 0 Å². The smallest absolute Gasteiger partial charge is 0.224 e. The van der Waals surface area contributed by atoms with Crippen molar-refractivity contribution in [1.82, 2.24) is 14.5 Å². The number of nitrogens with zero attached hydrogens (tertiary/aromatic N) is 3. The summed E-state index contributed by atoms with van der Waals surface area (Å²) in [6, 6.07) is -0.0422. The van der Waals surface area contributed by atoms with Crippen LogP contribution in [0.2, 0.25) is 0 Å². The SMILES string of the molecule is C[C@@H](N)c1cncn1CCC(=O)N1CCCC1. The van der Waals surface area contributed by atoms with E-state index in [2.05, 4.69) is 4.98 Å². The Hall–Kier alpha value is -1.36. The molecular weight excluding hydrogens is 216 g/mol. The highest BCUT2D eigenvalue weighted by Crippen LogP contribution is 2.12. The maximum absolute atomic E-state index is 11.9. The molecule has 1 saturated heterocycles. The Bertz CT molecular complexity index is 380. The lowest BCUT2D eigenvalue weighted by atomic mass is 10.2. The molecule has 1 aromatic heterocycles. The van der Waals surface area contributed by atoms with Gasteiger partial charge in [-0.3, -0.25) is 4.79 Å². The van der Waals surface area contributed by atoms with E-state index in [1.165, 1.54) is 0 Å². The average molecular weight is 236 g/mol. The van der Waals surface area contributed by atoms with Gasteiger partial charge in [0.1, 0.15) is 0 Å². The number of nitrogens with two attached hydrogens (primary N) is 1. The summed E-state index contributed by atoms with van der Waals surface area (Å²) in [6.07, 6.45) is 6.33. The quantitative estimate of drug-likeness (QED) is 0.845. The fourth-order valence-corrected chi connectivity index (χ4v) is 2.24. The average Bonchev–Trinajstić information content (AvgIpc) is 2.96. The molecule has 1 aliphatic rings. The highest BCUT2D eigenvalue weighted by atomic mass is 16.2. The Balaban J connectivity index is 1.88. The Morgan fingerprint density at radius 2 is 2.24 bits per heavy atom. The molecule has 1 atom stereocenters. The molecule has 2 rings (SSSR count). The molecule has 17 heavy (non-hydrogen) atoms. The second-order valence-electron chi connectivity index (χ2n) is 4.64. The molecule has 0 aliphatic carbocycles. The van der Waals surface area contributed by atoms with Gasteiger partial charge in [0.05, 0.1) is 12.0 Å². The number of amides is 1. The zero-order valence-corrected chi connectivity index (χ0v) is 10.3. The number of carbonyl (C=O) groups is 1. The number of aryl methyl sites for hydroxylation is 1. The molecule has 0 spiro atoms. The van der Waals surface area contributed by atoms with Gasteiger partial charge in [-0.05, 0) is 19.8 Å². The van der Waals surface area contributed by atoms with Gasteiger partial charge >= 0.3 is 0 Å². The number of likely N-dealkylation sites (tertiary alicyclic amines) is 1. The Kier molecular flexibility index (Phi) is 3.78. The van der Waals surface area contributed by atoms with Crippen molar-refractivity contribution in [2.75, 3.05) is 13.1 Å². The van der Waals surface area contributed by atoms with E-state index in [-0.39, 0.29) is 11.9 Å². The van der Waals surface area contributed by atoms with Gasteiger partial charge in [0.25, 0.3) is 0 Å². The molecule has 1 amide bonds. The van der Waals surface area contributed by atoms with Gasteiger partial charge in [0, 0.05) is 38.3 Å². The standard InChI is InChI=1S/C12H20N4O/c1-10(13)11-8-14-9-16(11)7-4-12(17)15-5-2-3-6-15/h8-10H,2-7,13H2,1H3/t10-/m1/s1. The molecule has 0 unspecified atom stereocenters. The summed E-state index contributed by atoms with van der Waals surface area (Å²) in [5.41, 5.74) is 6.82. The molecule has 1 fully saturated rings. The second kappa shape index (κ2) is 5.31. The molecule has 0 radical (unpaired) electrons. The number of hydrogen-bond acceptors (Lipinski definition) is 3. The van der Waals surface area contributed by atoms with Crippen molar-refractivity contribution in [3.63, 3.8) is 0 Å². The Labute approximate surface area is 102 Å². The van der Waals surface area contributed by atoms with Gasteiger partial charge in [0.15, 0.2) is 0 Å². The molecule has 1 aliphatic heterocycles. The molecule has 0 bridgehead atoms. The topological polar surface area (TPSA) is 64.1 Å². The summed E-state index contributed by atoms with van der Waals surface area (Å²) in [6.45, 7) is 4.44. The van der Waals surface area contributed by atoms with E-state index >= 15 is 0 Å². The van der Waals surface area contributed by atoms with Crippen LogP contribution in [0, 0.1) is 0 Å². The van der Waals surface area contributed by atoms with Gasteiger partial charge in [-0.2, -0.15) is 0 Å². The molecule has 1 aromatic rings. The van der Waals surface area contributed by atoms with Crippen molar-refractivity contribution < 1.29 is 4.79 Å². The fourth-order valence-electron chi connectivity index (χ4n) is 2.24. The zero-order valence-electron chi connectivity index (χ0n) is 10.3. The van der Waals surface area contributed by atoms with Crippen molar-refractivity contribution in [3.8, 4) is 0 Å². The van der Waals surface area contributed by atoms with E-state index in [1.807, 2.05) is 16.4 Å².